The molecule has 172 valence electrons. The summed E-state index contributed by atoms with van der Waals surface area (Å²) in [6.45, 7) is 5.91. The molecule has 5 heteroatoms. The molecule has 0 spiro atoms. The molecule has 3 aromatic rings. The van der Waals surface area contributed by atoms with Crippen LogP contribution in [-0.4, -0.2) is 30.6 Å². The predicted molar refractivity (Wildman–Crippen MR) is 132 cm³/mol. The molecule has 0 aliphatic carbocycles. The lowest BCUT2D eigenvalue weighted by atomic mass is 9.89. The Hall–Kier alpha value is -3.47. The van der Waals surface area contributed by atoms with E-state index in [1.165, 1.54) is 0 Å². The third-order valence-electron chi connectivity index (χ3n) is 6.15. The summed E-state index contributed by atoms with van der Waals surface area (Å²) in [6.07, 6.45) is 2.74. The standard InChI is InChI=1S/C28H32N2O3/c1-3-5-19-30-27(31)25-13-9-10-14-26(25)29-28(30,4-2)22-15-17-24(18-16-22)33-21-20-32-23-11-7-6-8-12-23/h6-18,29H,3-5,19-21H2,1-2H3. The summed E-state index contributed by atoms with van der Waals surface area (Å²) in [5.74, 6) is 1.70. The lowest BCUT2D eigenvalue weighted by molar-refractivity contribution is 0.0478. The first kappa shape index (κ1) is 22.7. The second-order valence-electron chi connectivity index (χ2n) is 8.23. The van der Waals surface area contributed by atoms with Crippen LogP contribution in [0.2, 0.25) is 0 Å². The topological polar surface area (TPSA) is 50.8 Å². The molecule has 1 aliphatic rings. The molecule has 0 saturated carbocycles. The fourth-order valence-electron chi connectivity index (χ4n) is 4.37. The fraction of sp³-hybridized carbons (Fsp3) is 0.321. The van der Waals surface area contributed by atoms with E-state index in [-0.39, 0.29) is 5.91 Å². The highest BCUT2D eigenvalue weighted by atomic mass is 16.5. The van der Waals surface area contributed by atoms with Gasteiger partial charge in [-0.2, -0.15) is 0 Å². The summed E-state index contributed by atoms with van der Waals surface area (Å²) in [5.41, 5.74) is 2.08. The van der Waals surface area contributed by atoms with Gasteiger partial charge in [-0.25, -0.2) is 0 Å². The molecular weight excluding hydrogens is 412 g/mol. The average Bonchev–Trinajstić information content (AvgIpc) is 2.87. The minimum absolute atomic E-state index is 0.0815. The third-order valence-corrected chi connectivity index (χ3v) is 6.15. The van der Waals surface area contributed by atoms with Crippen LogP contribution in [0.3, 0.4) is 0 Å². The maximum atomic E-state index is 13.5. The van der Waals surface area contributed by atoms with Gasteiger partial charge < -0.3 is 19.7 Å². The molecule has 1 atom stereocenters. The van der Waals surface area contributed by atoms with Crippen LogP contribution in [-0.2, 0) is 5.66 Å². The quantitative estimate of drug-likeness (QED) is 0.385. The van der Waals surface area contributed by atoms with Crippen LogP contribution < -0.4 is 14.8 Å². The van der Waals surface area contributed by atoms with Gasteiger partial charge in [-0.15, -0.1) is 0 Å². The van der Waals surface area contributed by atoms with Crippen molar-refractivity contribution in [2.24, 2.45) is 0 Å². The third kappa shape index (κ3) is 4.82. The Morgan fingerprint density at radius 3 is 2.12 bits per heavy atom. The molecular formula is C28H32N2O3. The smallest absolute Gasteiger partial charge is 0.258 e. The van der Waals surface area contributed by atoms with Gasteiger partial charge in [0.15, 0.2) is 0 Å². The largest absolute Gasteiger partial charge is 0.490 e. The van der Waals surface area contributed by atoms with Gasteiger partial charge in [0.1, 0.15) is 30.4 Å². The van der Waals surface area contributed by atoms with Crippen molar-refractivity contribution < 1.29 is 14.3 Å². The molecule has 0 bridgehead atoms. The van der Waals surface area contributed by atoms with E-state index in [4.69, 9.17) is 9.47 Å². The van der Waals surface area contributed by atoms with Crippen LogP contribution in [0, 0.1) is 0 Å². The second kappa shape index (κ2) is 10.4. The van der Waals surface area contributed by atoms with Crippen LogP contribution >= 0.6 is 0 Å². The van der Waals surface area contributed by atoms with Crippen molar-refractivity contribution in [2.75, 3.05) is 25.1 Å². The first-order chi connectivity index (χ1) is 16.2. The molecule has 5 nitrogen and oxygen atoms in total. The zero-order valence-corrected chi connectivity index (χ0v) is 19.4. The van der Waals surface area contributed by atoms with Crippen molar-refractivity contribution in [3.05, 3.63) is 90.0 Å². The number of hydrogen-bond acceptors (Lipinski definition) is 4. The van der Waals surface area contributed by atoms with Gasteiger partial charge in [-0.3, -0.25) is 4.79 Å². The number of amides is 1. The molecule has 0 saturated heterocycles. The molecule has 4 rings (SSSR count). The average molecular weight is 445 g/mol. The summed E-state index contributed by atoms with van der Waals surface area (Å²) in [5, 5.41) is 3.70. The Labute approximate surface area is 196 Å². The maximum Gasteiger partial charge on any atom is 0.258 e. The minimum Gasteiger partial charge on any atom is -0.490 e. The van der Waals surface area contributed by atoms with Gasteiger partial charge >= 0.3 is 0 Å². The van der Waals surface area contributed by atoms with Crippen molar-refractivity contribution >= 4 is 11.6 Å². The summed E-state index contributed by atoms with van der Waals surface area (Å²) in [6, 6.07) is 25.6. The van der Waals surface area contributed by atoms with E-state index in [0.717, 1.165) is 47.6 Å². The molecule has 1 N–H and O–H groups in total. The highest BCUT2D eigenvalue weighted by molar-refractivity contribution is 6.02. The molecule has 0 aromatic heterocycles. The number of benzene rings is 3. The predicted octanol–water partition coefficient (Wildman–Crippen LogP) is 6.08. The van der Waals surface area contributed by atoms with Gasteiger partial charge in [-0.05, 0) is 54.8 Å². The number of anilines is 1. The number of ether oxygens (including phenoxy) is 2. The van der Waals surface area contributed by atoms with Crippen LogP contribution in [0.1, 0.15) is 49.0 Å². The Balaban J connectivity index is 1.50. The van der Waals surface area contributed by atoms with Crippen LogP contribution in [0.4, 0.5) is 5.69 Å². The molecule has 3 aromatic carbocycles. The molecule has 1 heterocycles. The lowest BCUT2D eigenvalue weighted by Crippen LogP contribution is -2.57. The van der Waals surface area contributed by atoms with Gasteiger partial charge in [0.25, 0.3) is 5.91 Å². The Bertz CT molecular complexity index is 1050. The molecule has 0 radical (unpaired) electrons. The number of rotatable bonds is 10. The summed E-state index contributed by atoms with van der Waals surface area (Å²) < 4.78 is 11.6. The van der Waals surface area contributed by atoms with Gasteiger partial charge in [0.2, 0.25) is 0 Å². The van der Waals surface area contributed by atoms with Gasteiger partial charge in [0.05, 0.1) is 5.56 Å². The summed E-state index contributed by atoms with van der Waals surface area (Å²) in [4.78, 5) is 15.5. The van der Waals surface area contributed by atoms with Gasteiger partial charge in [-0.1, -0.05) is 62.7 Å². The van der Waals surface area contributed by atoms with Crippen molar-refractivity contribution in [2.45, 2.75) is 38.8 Å². The van der Waals surface area contributed by atoms with E-state index in [1.807, 2.05) is 71.6 Å². The molecule has 33 heavy (non-hydrogen) atoms. The first-order valence-corrected chi connectivity index (χ1v) is 11.8. The normalized spacial score (nSPS) is 17.3. The van der Waals surface area contributed by atoms with E-state index in [0.29, 0.717) is 19.8 Å². The van der Waals surface area contributed by atoms with Gasteiger partial charge in [0, 0.05) is 12.2 Å². The lowest BCUT2D eigenvalue weighted by Gasteiger charge is -2.48. The van der Waals surface area contributed by atoms with Crippen molar-refractivity contribution in [3.63, 3.8) is 0 Å². The van der Waals surface area contributed by atoms with E-state index >= 15 is 0 Å². The zero-order valence-electron chi connectivity index (χ0n) is 19.4. The summed E-state index contributed by atoms with van der Waals surface area (Å²) in [7, 11) is 0. The summed E-state index contributed by atoms with van der Waals surface area (Å²) >= 11 is 0. The number of carbonyl (C=O) groups is 1. The Morgan fingerprint density at radius 1 is 0.818 bits per heavy atom. The first-order valence-electron chi connectivity index (χ1n) is 11.8. The molecule has 1 amide bonds. The number of para-hydroxylation sites is 2. The minimum atomic E-state index is -0.588. The SMILES string of the molecule is CCCCN1C(=O)c2ccccc2NC1(CC)c1ccc(OCCOc2ccccc2)cc1. The Morgan fingerprint density at radius 2 is 1.45 bits per heavy atom. The maximum absolute atomic E-state index is 13.5. The number of hydrogen-bond donors (Lipinski definition) is 1. The number of fused-ring (bicyclic) bond motifs is 1. The number of unbranched alkanes of at least 4 members (excludes halogenated alkanes) is 1. The van der Waals surface area contributed by atoms with Crippen molar-refractivity contribution in [3.8, 4) is 11.5 Å². The monoisotopic (exact) mass is 444 g/mol. The van der Waals surface area contributed by atoms with Crippen molar-refractivity contribution in [1.29, 1.82) is 0 Å². The van der Waals surface area contributed by atoms with E-state index in [1.54, 1.807) is 0 Å². The van der Waals surface area contributed by atoms with Crippen molar-refractivity contribution in [1.82, 2.24) is 4.90 Å². The molecule has 0 fully saturated rings. The highest BCUT2D eigenvalue weighted by Crippen LogP contribution is 2.40. The fourth-order valence-corrected chi connectivity index (χ4v) is 4.37. The Kier molecular flexibility index (Phi) is 7.18. The van der Waals surface area contributed by atoms with E-state index in [9.17, 15) is 4.79 Å². The van der Waals surface area contributed by atoms with E-state index in [2.05, 4.69) is 31.3 Å². The molecule has 1 aliphatic heterocycles. The second-order valence-corrected chi connectivity index (χ2v) is 8.23. The number of nitrogens with zero attached hydrogens (tertiary/aromatic N) is 1. The highest BCUT2D eigenvalue weighted by Gasteiger charge is 2.44. The van der Waals surface area contributed by atoms with E-state index < -0.39 is 5.66 Å². The van der Waals surface area contributed by atoms with Crippen LogP contribution in [0.15, 0.2) is 78.9 Å². The van der Waals surface area contributed by atoms with Crippen LogP contribution in [0.25, 0.3) is 0 Å². The van der Waals surface area contributed by atoms with Crippen LogP contribution in [0.5, 0.6) is 11.5 Å². The number of nitrogens with one attached hydrogen (secondary N) is 1. The zero-order chi connectivity index (χ0) is 23.1. The number of carbonyl (C=O) groups excluding carboxylic acids is 1. The molecule has 1 unspecified atom stereocenters.